The number of nitrogens with one attached hydrogen (secondary N) is 1. The monoisotopic (exact) mass is 407 g/mol. The van der Waals surface area contributed by atoms with E-state index in [1.165, 1.54) is 18.4 Å². The molecule has 2 amide bonds. The molecule has 156 valence electrons. The molecule has 1 saturated heterocycles. The maximum absolute atomic E-state index is 12.2. The van der Waals surface area contributed by atoms with Crippen LogP contribution in [0.25, 0.3) is 0 Å². The number of ether oxygens (including phenoxy) is 1. The van der Waals surface area contributed by atoms with Crippen LogP contribution < -0.4 is 10.1 Å². The molecule has 7 nitrogen and oxygen atoms in total. The number of hydrogen-bond donors (Lipinski definition) is 1. The fourth-order valence-corrected chi connectivity index (χ4v) is 3.11. The molecule has 0 atom stereocenters. The van der Waals surface area contributed by atoms with Crippen LogP contribution in [-0.4, -0.2) is 67.5 Å². The lowest BCUT2D eigenvalue weighted by Gasteiger charge is -2.33. The Morgan fingerprint density at radius 1 is 1.10 bits per heavy atom. The van der Waals surface area contributed by atoms with Gasteiger partial charge in [-0.1, -0.05) is 12.1 Å². The first-order valence-corrected chi connectivity index (χ1v) is 9.37. The summed E-state index contributed by atoms with van der Waals surface area (Å²) in [6.45, 7) is 0.191. The number of halogens is 2. The third-order valence-corrected chi connectivity index (χ3v) is 4.64. The highest BCUT2D eigenvalue weighted by molar-refractivity contribution is 5.91. The molecule has 0 aliphatic carbocycles. The van der Waals surface area contributed by atoms with E-state index >= 15 is 0 Å². The number of rotatable bonds is 8. The Morgan fingerprint density at radius 3 is 2.45 bits per heavy atom. The molecule has 1 aliphatic rings. The van der Waals surface area contributed by atoms with Crippen molar-refractivity contribution in [3.63, 3.8) is 0 Å². The Kier molecular flexibility index (Phi) is 7.18. The Hall–Kier alpha value is -2.94. The number of amides is 2. The summed E-state index contributed by atoms with van der Waals surface area (Å²) in [6, 6.07) is 9.67. The van der Waals surface area contributed by atoms with Crippen molar-refractivity contribution < 1.29 is 27.5 Å². The topological polar surface area (TPSA) is 75.0 Å². The van der Waals surface area contributed by atoms with E-state index < -0.39 is 6.61 Å². The van der Waals surface area contributed by atoms with Crippen molar-refractivity contribution in [2.24, 2.45) is 0 Å². The lowest BCUT2D eigenvalue weighted by molar-refractivity contribution is -0.122. The average molecular weight is 407 g/mol. The van der Waals surface area contributed by atoms with Crippen molar-refractivity contribution in [2.45, 2.75) is 13.0 Å². The lowest BCUT2D eigenvalue weighted by atomic mass is 10.1. The molecule has 0 bridgehead atoms. The molecule has 3 rings (SSSR count). The molecule has 1 N–H and O–H groups in total. The molecule has 2 heterocycles. The average Bonchev–Trinajstić information content (AvgIpc) is 3.24. The van der Waals surface area contributed by atoms with Gasteiger partial charge in [-0.25, -0.2) is 0 Å². The molecule has 0 spiro atoms. The highest BCUT2D eigenvalue weighted by Crippen LogP contribution is 2.15. The molecule has 9 heteroatoms. The molecule has 0 unspecified atom stereocenters. The van der Waals surface area contributed by atoms with Crippen LogP contribution in [0.5, 0.6) is 5.75 Å². The minimum absolute atomic E-state index is 0.0894. The van der Waals surface area contributed by atoms with Crippen molar-refractivity contribution >= 4 is 11.8 Å². The second-order valence-electron chi connectivity index (χ2n) is 6.67. The van der Waals surface area contributed by atoms with Gasteiger partial charge in [-0.2, -0.15) is 8.78 Å². The fraction of sp³-hybridized carbons (Fsp3) is 0.400. The summed E-state index contributed by atoms with van der Waals surface area (Å²) in [7, 11) is 0. The Morgan fingerprint density at radius 2 is 1.83 bits per heavy atom. The van der Waals surface area contributed by atoms with E-state index in [4.69, 9.17) is 4.42 Å². The zero-order chi connectivity index (χ0) is 20.6. The van der Waals surface area contributed by atoms with Gasteiger partial charge in [0.1, 0.15) is 5.75 Å². The second kappa shape index (κ2) is 10.0. The van der Waals surface area contributed by atoms with Gasteiger partial charge < -0.3 is 19.4 Å². The van der Waals surface area contributed by atoms with E-state index in [2.05, 4.69) is 10.1 Å². The molecule has 29 heavy (non-hydrogen) atoms. The van der Waals surface area contributed by atoms with E-state index in [1.807, 2.05) is 4.90 Å². The second-order valence-corrected chi connectivity index (χ2v) is 6.67. The van der Waals surface area contributed by atoms with Crippen molar-refractivity contribution in [1.82, 2.24) is 15.1 Å². The smallest absolute Gasteiger partial charge is 0.387 e. The van der Waals surface area contributed by atoms with E-state index in [1.54, 1.807) is 29.2 Å². The number of piperazine rings is 1. The van der Waals surface area contributed by atoms with Crippen LogP contribution in [0, 0.1) is 0 Å². The zero-order valence-electron chi connectivity index (χ0n) is 15.9. The largest absolute Gasteiger partial charge is 0.459 e. The standard InChI is InChI=1S/C20H23F2N3O4/c21-20(22)29-16-5-3-15(4-6-16)7-8-23-18(26)14-24-9-11-25(12-10-24)19(27)17-2-1-13-28-17/h1-6,13,20H,7-12,14H2,(H,23,26). The third kappa shape index (κ3) is 6.28. The lowest BCUT2D eigenvalue weighted by Crippen LogP contribution is -2.51. The predicted molar refractivity (Wildman–Crippen MR) is 101 cm³/mol. The summed E-state index contributed by atoms with van der Waals surface area (Å²) in [4.78, 5) is 28.1. The first-order valence-electron chi connectivity index (χ1n) is 9.37. The van der Waals surface area contributed by atoms with Gasteiger partial charge in [0, 0.05) is 32.7 Å². The number of carbonyl (C=O) groups is 2. The summed E-state index contributed by atoms with van der Waals surface area (Å²) in [5, 5.41) is 2.85. The fourth-order valence-electron chi connectivity index (χ4n) is 3.11. The zero-order valence-corrected chi connectivity index (χ0v) is 15.9. The van der Waals surface area contributed by atoms with Crippen LogP contribution >= 0.6 is 0 Å². The van der Waals surface area contributed by atoms with Gasteiger partial charge in [0.2, 0.25) is 5.91 Å². The SMILES string of the molecule is O=C(CN1CCN(C(=O)c2ccco2)CC1)NCCc1ccc(OC(F)F)cc1. The summed E-state index contributed by atoms with van der Waals surface area (Å²) in [5.41, 5.74) is 0.914. The van der Waals surface area contributed by atoms with Gasteiger partial charge in [0.25, 0.3) is 5.91 Å². The Labute approximate surface area is 167 Å². The molecular weight excluding hydrogens is 384 g/mol. The number of hydrogen-bond acceptors (Lipinski definition) is 5. The van der Waals surface area contributed by atoms with Crippen LogP contribution in [0.4, 0.5) is 8.78 Å². The first kappa shape index (κ1) is 20.8. The number of alkyl halides is 2. The maximum atomic E-state index is 12.2. The summed E-state index contributed by atoms with van der Waals surface area (Å²) < 4.78 is 33.7. The van der Waals surface area contributed by atoms with Crippen LogP contribution in [0.1, 0.15) is 16.1 Å². The molecule has 0 saturated carbocycles. The maximum Gasteiger partial charge on any atom is 0.387 e. The molecule has 1 fully saturated rings. The highest BCUT2D eigenvalue weighted by atomic mass is 19.3. The Bertz CT molecular complexity index is 789. The predicted octanol–water partition coefficient (Wildman–Crippen LogP) is 2.00. The van der Waals surface area contributed by atoms with Crippen LogP contribution in [0.15, 0.2) is 47.1 Å². The first-order chi connectivity index (χ1) is 14.0. The number of carbonyl (C=O) groups excluding carboxylic acids is 2. The number of nitrogens with zero attached hydrogens (tertiary/aromatic N) is 2. The van der Waals surface area contributed by atoms with Gasteiger partial charge in [-0.3, -0.25) is 14.5 Å². The van der Waals surface area contributed by atoms with Gasteiger partial charge >= 0.3 is 6.61 Å². The number of benzene rings is 1. The third-order valence-electron chi connectivity index (χ3n) is 4.64. The van der Waals surface area contributed by atoms with E-state index in [-0.39, 0.29) is 24.1 Å². The summed E-state index contributed by atoms with van der Waals surface area (Å²) >= 11 is 0. The van der Waals surface area contributed by atoms with E-state index in [0.717, 1.165) is 5.56 Å². The van der Waals surface area contributed by atoms with Gasteiger partial charge in [-0.05, 0) is 36.2 Å². The minimum Gasteiger partial charge on any atom is -0.459 e. The van der Waals surface area contributed by atoms with Gasteiger partial charge in [0.05, 0.1) is 12.8 Å². The quantitative estimate of drug-likeness (QED) is 0.725. The Balaban J connectivity index is 1.33. The van der Waals surface area contributed by atoms with Gasteiger partial charge in [0.15, 0.2) is 5.76 Å². The molecule has 1 aromatic heterocycles. The van der Waals surface area contributed by atoms with Crippen molar-refractivity contribution in [1.29, 1.82) is 0 Å². The molecule has 2 aromatic rings. The van der Waals surface area contributed by atoms with E-state index in [9.17, 15) is 18.4 Å². The van der Waals surface area contributed by atoms with E-state index in [0.29, 0.717) is 44.9 Å². The normalized spacial score (nSPS) is 14.8. The van der Waals surface area contributed by atoms with Crippen LogP contribution in [0.3, 0.4) is 0 Å². The molecule has 1 aliphatic heterocycles. The highest BCUT2D eigenvalue weighted by Gasteiger charge is 2.24. The van der Waals surface area contributed by atoms with Crippen LogP contribution in [0.2, 0.25) is 0 Å². The van der Waals surface area contributed by atoms with Crippen molar-refractivity contribution in [3.05, 3.63) is 54.0 Å². The molecular formula is C20H23F2N3O4. The van der Waals surface area contributed by atoms with Crippen molar-refractivity contribution in [3.8, 4) is 5.75 Å². The molecule has 1 aromatic carbocycles. The molecule has 0 radical (unpaired) electrons. The van der Waals surface area contributed by atoms with Gasteiger partial charge in [-0.15, -0.1) is 0 Å². The number of furan rings is 1. The van der Waals surface area contributed by atoms with Crippen LogP contribution in [-0.2, 0) is 11.2 Å². The summed E-state index contributed by atoms with van der Waals surface area (Å²) in [6.07, 6.45) is 2.06. The summed E-state index contributed by atoms with van der Waals surface area (Å²) in [5.74, 6) is 0.208. The minimum atomic E-state index is -2.84. The van der Waals surface area contributed by atoms with Crippen molar-refractivity contribution in [2.75, 3.05) is 39.3 Å².